The Morgan fingerprint density at radius 3 is 2.78 bits per heavy atom. The molecule has 4 heteroatoms. The summed E-state index contributed by atoms with van der Waals surface area (Å²) in [6.07, 6.45) is 2.09. The number of ether oxygens (including phenoxy) is 1. The lowest BCUT2D eigenvalue weighted by Crippen LogP contribution is -2.30. The van der Waals surface area contributed by atoms with Crippen LogP contribution in [-0.4, -0.2) is 12.6 Å². The first-order valence-corrected chi connectivity index (χ1v) is 6.85. The molecule has 0 aliphatic carbocycles. The van der Waals surface area contributed by atoms with Gasteiger partial charge in [0.2, 0.25) is 0 Å². The molecule has 0 N–H and O–H groups in total. The van der Waals surface area contributed by atoms with Gasteiger partial charge in [-0.15, -0.1) is 6.58 Å². The minimum Gasteiger partial charge on any atom is -0.465 e. The molecule has 1 rings (SSSR count). The van der Waals surface area contributed by atoms with E-state index in [1.54, 1.807) is 19.9 Å². The van der Waals surface area contributed by atoms with E-state index in [9.17, 15) is 4.79 Å². The van der Waals surface area contributed by atoms with Gasteiger partial charge in [0, 0.05) is 9.50 Å². The Hall–Kier alpha value is -0.800. The molecule has 0 fully saturated rings. The molecular formula is C14H16BrClO2. The number of esters is 1. The van der Waals surface area contributed by atoms with Gasteiger partial charge in [-0.1, -0.05) is 39.7 Å². The van der Waals surface area contributed by atoms with Crippen molar-refractivity contribution in [2.24, 2.45) is 5.41 Å². The molecule has 1 atom stereocenters. The van der Waals surface area contributed by atoms with E-state index in [4.69, 9.17) is 16.3 Å². The Morgan fingerprint density at radius 2 is 2.28 bits per heavy atom. The van der Waals surface area contributed by atoms with Crippen molar-refractivity contribution in [3.63, 3.8) is 0 Å². The predicted octanol–water partition coefficient (Wildman–Crippen LogP) is 4.40. The van der Waals surface area contributed by atoms with Crippen LogP contribution in [0.2, 0.25) is 5.02 Å². The summed E-state index contributed by atoms with van der Waals surface area (Å²) in [4.78, 5) is 11.9. The van der Waals surface area contributed by atoms with Crippen LogP contribution in [0.25, 0.3) is 0 Å². The molecule has 0 spiro atoms. The van der Waals surface area contributed by atoms with Crippen molar-refractivity contribution >= 4 is 33.5 Å². The minimum absolute atomic E-state index is 0.279. The van der Waals surface area contributed by atoms with Gasteiger partial charge >= 0.3 is 5.97 Å². The quantitative estimate of drug-likeness (QED) is 0.590. The zero-order chi connectivity index (χ0) is 13.8. The van der Waals surface area contributed by atoms with E-state index in [0.717, 1.165) is 10.0 Å². The van der Waals surface area contributed by atoms with E-state index >= 15 is 0 Å². The lowest BCUT2D eigenvalue weighted by Gasteiger charge is -2.23. The molecule has 2 nitrogen and oxygen atoms in total. The molecule has 0 aliphatic heterocycles. The maximum absolute atomic E-state index is 11.9. The summed E-state index contributed by atoms with van der Waals surface area (Å²) in [7, 11) is 0. The predicted molar refractivity (Wildman–Crippen MR) is 77.8 cm³/mol. The zero-order valence-corrected chi connectivity index (χ0v) is 12.8. The third-order valence-corrected chi connectivity index (χ3v) is 3.61. The lowest BCUT2D eigenvalue weighted by molar-refractivity contribution is -0.151. The summed E-state index contributed by atoms with van der Waals surface area (Å²) >= 11 is 9.51. The minimum atomic E-state index is -0.756. The van der Waals surface area contributed by atoms with Crippen LogP contribution in [0.5, 0.6) is 0 Å². The second-order valence-electron chi connectivity index (χ2n) is 4.25. The highest BCUT2D eigenvalue weighted by Gasteiger charge is 2.32. The van der Waals surface area contributed by atoms with Crippen molar-refractivity contribution in [2.75, 3.05) is 6.61 Å². The second-order valence-corrected chi connectivity index (χ2v) is 5.58. The molecule has 1 aromatic carbocycles. The van der Waals surface area contributed by atoms with Crippen LogP contribution in [0.3, 0.4) is 0 Å². The highest BCUT2D eigenvalue weighted by molar-refractivity contribution is 9.10. The number of halogens is 2. The van der Waals surface area contributed by atoms with Gasteiger partial charge in [-0.2, -0.15) is 0 Å². The summed E-state index contributed by atoms with van der Waals surface area (Å²) in [5, 5.41) is 0.627. The molecule has 0 radical (unpaired) electrons. The van der Waals surface area contributed by atoms with Crippen molar-refractivity contribution in [1.82, 2.24) is 0 Å². The first-order valence-electron chi connectivity index (χ1n) is 5.67. The Morgan fingerprint density at radius 1 is 1.61 bits per heavy atom. The van der Waals surface area contributed by atoms with E-state index in [0.29, 0.717) is 18.1 Å². The molecule has 0 heterocycles. The molecule has 1 unspecified atom stereocenters. The molecule has 1 aromatic rings. The maximum atomic E-state index is 11.9. The highest BCUT2D eigenvalue weighted by Crippen LogP contribution is 2.30. The summed E-state index contributed by atoms with van der Waals surface area (Å²) in [6, 6.07) is 5.61. The van der Waals surface area contributed by atoms with Gasteiger partial charge < -0.3 is 4.74 Å². The first-order chi connectivity index (χ1) is 8.42. The van der Waals surface area contributed by atoms with Crippen molar-refractivity contribution in [2.45, 2.75) is 20.3 Å². The summed E-state index contributed by atoms with van der Waals surface area (Å²) < 4.78 is 5.98. The third kappa shape index (κ3) is 3.59. The number of hydrogen-bond acceptors (Lipinski definition) is 2. The Labute approximate surface area is 121 Å². The zero-order valence-electron chi connectivity index (χ0n) is 10.5. The molecule has 18 heavy (non-hydrogen) atoms. The van der Waals surface area contributed by atoms with Gasteiger partial charge in [-0.05, 0) is 38.0 Å². The van der Waals surface area contributed by atoms with E-state index in [2.05, 4.69) is 22.5 Å². The largest absolute Gasteiger partial charge is 0.465 e. The van der Waals surface area contributed by atoms with Crippen molar-refractivity contribution in [1.29, 1.82) is 0 Å². The van der Waals surface area contributed by atoms with E-state index in [-0.39, 0.29) is 5.97 Å². The van der Waals surface area contributed by atoms with Gasteiger partial charge in [0.15, 0.2) is 0 Å². The molecule has 0 aromatic heterocycles. The van der Waals surface area contributed by atoms with Gasteiger partial charge in [-0.3, -0.25) is 4.79 Å². The highest BCUT2D eigenvalue weighted by atomic mass is 79.9. The van der Waals surface area contributed by atoms with Crippen LogP contribution >= 0.6 is 27.5 Å². The van der Waals surface area contributed by atoms with Gasteiger partial charge in [0.05, 0.1) is 12.0 Å². The fourth-order valence-corrected chi connectivity index (χ4v) is 2.32. The van der Waals surface area contributed by atoms with Crippen molar-refractivity contribution in [3.05, 3.63) is 45.9 Å². The maximum Gasteiger partial charge on any atom is 0.315 e. The van der Waals surface area contributed by atoms with Crippen LogP contribution in [0.1, 0.15) is 19.4 Å². The lowest BCUT2D eigenvalue weighted by atomic mass is 9.84. The topological polar surface area (TPSA) is 26.3 Å². The Bertz CT molecular complexity index is 459. The van der Waals surface area contributed by atoms with Gasteiger partial charge in [0.25, 0.3) is 0 Å². The standard InChI is InChI=1S/C14H16BrClO2/c1-4-14(3,13(17)18-5-2)9-10-6-7-11(15)8-12(10)16/h4,6-8H,1,5,9H2,2-3H3. The summed E-state index contributed by atoms with van der Waals surface area (Å²) in [5.41, 5.74) is 0.142. The fraction of sp³-hybridized carbons (Fsp3) is 0.357. The van der Waals surface area contributed by atoms with E-state index in [1.165, 1.54) is 0 Å². The van der Waals surface area contributed by atoms with Crippen LogP contribution in [0.15, 0.2) is 35.3 Å². The average Bonchev–Trinajstić information content (AvgIpc) is 2.33. The number of carbonyl (C=O) groups is 1. The normalized spacial score (nSPS) is 13.8. The number of carbonyl (C=O) groups excluding carboxylic acids is 1. The summed E-state index contributed by atoms with van der Waals surface area (Å²) in [5.74, 6) is -0.279. The fourth-order valence-electron chi connectivity index (χ4n) is 1.58. The average molecular weight is 332 g/mol. The Balaban J connectivity index is 2.98. The van der Waals surface area contributed by atoms with Crippen LogP contribution in [0, 0.1) is 5.41 Å². The molecule has 0 amide bonds. The first kappa shape index (κ1) is 15.3. The van der Waals surface area contributed by atoms with Crippen LogP contribution in [0.4, 0.5) is 0 Å². The van der Waals surface area contributed by atoms with Crippen molar-refractivity contribution in [3.8, 4) is 0 Å². The van der Waals surface area contributed by atoms with Crippen molar-refractivity contribution < 1.29 is 9.53 Å². The molecule has 0 saturated carbocycles. The molecule has 0 aliphatic rings. The van der Waals surface area contributed by atoms with Crippen LogP contribution < -0.4 is 0 Å². The number of rotatable bonds is 5. The van der Waals surface area contributed by atoms with Gasteiger partial charge in [0.1, 0.15) is 0 Å². The number of hydrogen-bond donors (Lipinski definition) is 0. The van der Waals surface area contributed by atoms with Crippen LogP contribution in [-0.2, 0) is 16.0 Å². The summed E-state index contributed by atoms with van der Waals surface area (Å²) in [6.45, 7) is 7.67. The third-order valence-electron chi connectivity index (χ3n) is 2.77. The monoisotopic (exact) mass is 330 g/mol. The Kier molecular flexibility index (Phi) is 5.42. The molecule has 0 bridgehead atoms. The smallest absolute Gasteiger partial charge is 0.315 e. The molecule has 98 valence electrons. The molecular weight excluding hydrogens is 316 g/mol. The van der Waals surface area contributed by atoms with Gasteiger partial charge in [-0.25, -0.2) is 0 Å². The number of benzene rings is 1. The molecule has 0 saturated heterocycles. The van der Waals surface area contributed by atoms with E-state index in [1.807, 2.05) is 18.2 Å². The van der Waals surface area contributed by atoms with E-state index < -0.39 is 5.41 Å². The second kappa shape index (κ2) is 6.39. The SMILES string of the molecule is C=CC(C)(Cc1ccc(Br)cc1Cl)C(=O)OCC.